The summed E-state index contributed by atoms with van der Waals surface area (Å²) in [6.07, 6.45) is 0. The van der Waals surface area contributed by atoms with E-state index in [0.29, 0.717) is 6.61 Å². The number of hydrogen-bond donors (Lipinski definition) is 1. The first kappa shape index (κ1) is 14.5. The molecule has 0 bridgehead atoms. The highest BCUT2D eigenvalue weighted by Crippen LogP contribution is 2.48. The average molecular weight is 472 g/mol. The van der Waals surface area contributed by atoms with Gasteiger partial charge in [-0.2, -0.15) is 0 Å². The van der Waals surface area contributed by atoms with E-state index in [1.807, 2.05) is 36.4 Å². The van der Waals surface area contributed by atoms with Gasteiger partial charge in [-0.05, 0) is 59.0 Å². The maximum Gasteiger partial charge on any atom is 0.247 e. The number of ether oxygens (including phenoxy) is 2. The Hall–Kier alpha value is -1.12. The molecule has 1 N–H and O–H groups in total. The summed E-state index contributed by atoms with van der Waals surface area (Å²) in [6, 6.07) is 11.8. The van der Waals surface area contributed by atoms with Crippen molar-refractivity contribution in [3.05, 3.63) is 55.6 Å². The van der Waals surface area contributed by atoms with Crippen LogP contribution in [-0.4, -0.2) is 19.1 Å². The second-order valence-corrected chi connectivity index (χ2v) is 7.49. The fourth-order valence-electron chi connectivity index (χ4n) is 3.01. The Balaban J connectivity index is 2.01. The Morgan fingerprint density at radius 2 is 1.86 bits per heavy atom. The van der Waals surface area contributed by atoms with Gasteiger partial charge in [-0.15, -0.1) is 0 Å². The van der Waals surface area contributed by atoms with E-state index in [0.717, 1.165) is 30.7 Å². The van der Waals surface area contributed by atoms with Gasteiger partial charge in [-0.25, -0.2) is 0 Å². The lowest BCUT2D eigenvalue weighted by atomic mass is 9.80. The van der Waals surface area contributed by atoms with E-state index in [-0.39, 0.29) is 12.5 Å². The van der Waals surface area contributed by atoms with Crippen LogP contribution in [0, 0.1) is 3.57 Å². The largest absolute Gasteiger partial charge is 0.457 e. The van der Waals surface area contributed by atoms with Crippen molar-refractivity contribution < 1.29 is 14.3 Å². The molecule has 4 nitrogen and oxygen atoms in total. The standard InChI is InChI=1S/C16H11BrINO3/c17-9-1-3-13-11(5-9)16(8-21-7-15(20)19-16)12-6-10(18)2-4-14(12)22-13/h1-6H,7-8H2,(H,19,20)/t16-/m0/s1. The van der Waals surface area contributed by atoms with Crippen LogP contribution >= 0.6 is 38.5 Å². The van der Waals surface area contributed by atoms with Gasteiger partial charge in [0.2, 0.25) is 5.91 Å². The van der Waals surface area contributed by atoms with Crippen LogP contribution in [0.25, 0.3) is 0 Å². The zero-order chi connectivity index (χ0) is 15.3. The Morgan fingerprint density at radius 1 is 1.14 bits per heavy atom. The lowest BCUT2D eigenvalue weighted by Gasteiger charge is -2.42. The van der Waals surface area contributed by atoms with Gasteiger partial charge in [0.1, 0.15) is 23.6 Å². The van der Waals surface area contributed by atoms with Crippen LogP contribution in [0.4, 0.5) is 0 Å². The molecule has 1 saturated heterocycles. The van der Waals surface area contributed by atoms with Crippen molar-refractivity contribution in [2.24, 2.45) is 0 Å². The first-order valence-corrected chi connectivity index (χ1v) is 8.62. The van der Waals surface area contributed by atoms with Crippen molar-refractivity contribution >= 4 is 44.4 Å². The number of benzene rings is 2. The molecule has 2 aliphatic heterocycles. The lowest BCUT2D eigenvalue weighted by Crippen LogP contribution is -2.56. The Kier molecular flexibility index (Phi) is 3.43. The van der Waals surface area contributed by atoms with Gasteiger partial charge >= 0.3 is 0 Å². The van der Waals surface area contributed by atoms with Crippen molar-refractivity contribution in [2.45, 2.75) is 5.54 Å². The minimum Gasteiger partial charge on any atom is -0.457 e. The zero-order valence-electron chi connectivity index (χ0n) is 11.4. The highest BCUT2D eigenvalue weighted by atomic mass is 127. The van der Waals surface area contributed by atoms with Crippen molar-refractivity contribution in [1.82, 2.24) is 5.32 Å². The molecule has 4 rings (SSSR count). The van der Waals surface area contributed by atoms with Gasteiger partial charge in [0, 0.05) is 19.2 Å². The second-order valence-electron chi connectivity index (χ2n) is 5.33. The van der Waals surface area contributed by atoms with Crippen molar-refractivity contribution in [3.8, 4) is 11.5 Å². The van der Waals surface area contributed by atoms with E-state index in [1.165, 1.54) is 0 Å². The molecule has 1 fully saturated rings. The minimum atomic E-state index is -0.705. The van der Waals surface area contributed by atoms with Crippen LogP contribution in [0.5, 0.6) is 11.5 Å². The predicted molar refractivity (Wildman–Crippen MR) is 93.1 cm³/mol. The van der Waals surface area contributed by atoms with Gasteiger partial charge in [0.05, 0.1) is 6.61 Å². The second kappa shape index (κ2) is 5.21. The monoisotopic (exact) mass is 471 g/mol. The van der Waals surface area contributed by atoms with Crippen molar-refractivity contribution in [2.75, 3.05) is 13.2 Å². The molecule has 0 saturated carbocycles. The number of carbonyl (C=O) groups excluding carboxylic acids is 1. The van der Waals surface area contributed by atoms with Crippen LogP contribution in [0.1, 0.15) is 11.1 Å². The van der Waals surface area contributed by atoms with Crippen LogP contribution in [-0.2, 0) is 15.1 Å². The molecule has 22 heavy (non-hydrogen) atoms. The van der Waals surface area contributed by atoms with E-state index in [1.54, 1.807) is 0 Å². The van der Waals surface area contributed by atoms with Crippen LogP contribution < -0.4 is 10.1 Å². The molecular weight excluding hydrogens is 461 g/mol. The molecule has 1 amide bonds. The lowest BCUT2D eigenvalue weighted by molar-refractivity contribution is -0.134. The first-order chi connectivity index (χ1) is 10.6. The number of nitrogens with one attached hydrogen (secondary N) is 1. The average Bonchev–Trinajstić information content (AvgIpc) is 2.49. The molecule has 0 unspecified atom stereocenters. The smallest absolute Gasteiger partial charge is 0.247 e. The third-order valence-corrected chi connectivity index (χ3v) is 5.09. The van der Waals surface area contributed by atoms with Gasteiger partial charge in [-0.1, -0.05) is 15.9 Å². The molecule has 0 aromatic heterocycles. The molecule has 6 heteroatoms. The summed E-state index contributed by atoms with van der Waals surface area (Å²) in [5.74, 6) is 1.37. The summed E-state index contributed by atoms with van der Waals surface area (Å²) in [6.45, 7) is 0.476. The SMILES string of the molecule is O=C1COC[C@]2(N1)c1cc(Br)ccc1Oc1ccc(I)cc12. The van der Waals surface area contributed by atoms with Crippen LogP contribution in [0.2, 0.25) is 0 Å². The summed E-state index contributed by atoms with van der Waals surface area (Å²) >= 11 is 5.76. The van der Waals surface area contributed by atoms with Gasteiger partial charge in [0.15, 0.2) is 0 Å². The molecule has 112 valence electrons. The van der Waals surface area contributed by atoms with Crippen molar-refractivity contribution in [3.63, 3.8) is 0 Å². The molecule has 0 radical (unpaired) electrons. The maximum atomic E-state index is 12.0. The first-order valence-electron chi connectivity index (χ1n) is 6.75. The molecule has 0 aliphatic carbocycles. The van der Waals surface area contributed by atoms with E-state index < -0.39 is 5.54 Å². The number of amides is 1. The summed E-state index contributed by atoms with van der Waals surface area (Å²) in [7, 11) is 0. The Morgan fingerprint density at radius 3 is 2.64 bits per heavy atom. The summed E-state index contributed by atoms with van der Waals surface area (Å²) < 4.78 is 13.6. The summed E-state index contributed by atoms with van der Waals surface area (Å²) in [4.78, 5) is 12.0. The highest BCUT2D eigenvalue weighted by Gasteiger charge is 2.46. The summed E-state index contributed by atoms with van der Waals surface area (Å²) in [5.41, 5.74) is 1.13. The number of halogens is 2. The number of morpholine rings is 1. The minimum absolute atomic E-state index is 0.0885. The molecular formula is C16H11BrINO3. The number of carbonyl (C=O) groups is 1. The van der Waals surface area contributed by atoms with E-state index >= 15 is 0 Å². The van der Waals surface area contributed by atoms with Crippen LogP contribution in [0.15, 0.2) is 40.9 Å². The fraction of sp³-hybridized carbons (Fsp3) is 0.188. The molecule has 2 heterocycles. The number of fused-ring (bicyclic) bond motifs is 4. The third kappa shape index (κ3) is 2.16. The highest BCUT2D eigenvalue weighted by molar-refractivity contribution is 14.1. The van der Waals surface area contributed by atoms with E-state index in [9.17, 15) is 4.79 Å². The van der Waals surface area contributed by atoms with E-state index in [2.05, 4.69) is 43.8 Å². The molecule has 2 aromatic carbocycles. The molecule has 1 spiro atoms. The van der Waals surface area contributed by atoms with E-state index in [4.69, 9.17) is 9.47 Å². The van der Waals surface area contributed by atoms with Gasteiger partial charge < -0.3 is 14.8 Å². The van der Waals surface area contributed by atoms with Gasteiger partial charge in [0.25, 0.3) is 0 Å². The quantitative estimate of drug-likeness (QED) is 0.598. The number of hydrogen-bond acceptors (Lipinski definition) is 3. The summed E-state index contributed by atoms with van der Waals surface area (Å²) in [5, 5.41) is 3.13. The van der Waals surface area contributed by atoms with Crippen LogP contribution in [0.3, 0.4) is 0 Å². The molecule has 1 atom stereocenters. The molecule has 2 aliphatic rings. The van der Waals surface area contributed by atoms with Gasteiger partial charge in [-0.3, -0.25) is 4.79 Å². The predicted octanol–water partition coefficient (Wildman–Crippen LogP) is 3.55. The Bertz CT molecular complexity index is 741. The van der Waals surface area contributed by atoms with Crippen molar-refractivity contribution in [1.29, 1.82) is 0 Å². The third-order valence-electron chi connectivity index (χ3n) is 3.93. The molecule has 2 aromatic rings. The Labute approximate surface area is 149 Å². The normalized spacial score (nSPS) is 22.5. The number of rotatable bonds is 0. The topological polar surface area (TPSA) is 47.6 Å². The fourth-order valence-corrected chi connectivity index (χ4v) is 3.86. The zero-order valence-corrected chi connectivity index (χ0v) is 15.1. The maximum absolute atomic E-state index is 12.0.